The molecule has 1 aliphatic heterocycles. The number of nitrogens with zero attached hydrogens (tertiary/aromatic N) is 2. The molecule has 6 aromatic rings. The minimum atomic E-state index is 0.380. The van der Waals surface area contributed by atoms with Gasteiger partial charge in [0.05, 0.1) is 11.0 Å². The van der Waals surface area contributed by atoms with Gasteiger partial charge in [0.15, 0.2) is 0 Å². The molecule has 0 amide bonds. The second kappa shape index (κ2) is 9.55. The second-order valence-corrected chi connectivity index (χ2v) is 11.5. The van der Waals surface area contributed by atoms with Crippen LogP contribution in [0.15, 0.2) is 151 Å². The van der Waals surface area contributed by atoms with E-state index in [0.717, 1.165) is 28.1 Å². The first-order valence-corrected chi connectivity index (χ1v) is 14.6. The highest BCUT2D eigenvalue weighted by Gasteiger charge is 2.37. The van der Waals surface area contributed by atoms with Crippen molar-refractivity contribution in [2.75, 3.05) is 0 Å². The molecule has 1 aromatic heterocycles. The zero-order valence-electron chi connectivity index (χ0n) is 21.8. The van der Waals surface area contributed by atoms with Crippen LogP contribution < -0.4 is 0 Å². The van der Waals surface area contributed by atoms with E-state index in [1.165, 1.54) is 32.7 Å². The van der Waals surface area contributed by atoms with E-state index in [-0.39, 0.29) is 0 Å². The van der Waals surface area contributed by atoms with Crippen LogP contribution in [0.5, 0.6) is 0 Å². The van der Waals surface area contributed by atoms with E-state index < -0.39 is 0 Å². The molecule has 0 spiro atoms. The number of hydrogen-bond acceptors (Lipinski definition) is 2. The summed E-state index contributed by atoms with van der Waals surface area (Å²) in [6.45, 7) is 0. The Morgan fingerprint density at radius 1 is 0.650 bits per heavy atom. The number of para-hydroxylation sites is 3. The minimum Gasteiger partial charge on any atom is -0.292 e. The fourth-order valence-electron chi connectivity index (χ4n) is 6.15. The molecule has 2 aliphatic rings. The van der Waals surface area contributed by atoms with Gasteiger partial charge in [0, 0.05) is 27.3 Å². The van der Waals surface area contributed by atoms with E-state index in [1.807, 2.05) is 11.8 Å². The van der Waals surface area contributed by atoms with Crippen molar-refractivity contribution in [1.82, 2.24) is 9.55 Å². The molecule has 8 rings (SSSR count). The lowest BCUT2D eigenvalue weighted by Crippen LogP contribution is -2.13. The molecule has 0 saturated heterocycles. The van der Waals surface area contributed by atoms with Crippen molar-refractivity contribution in [1.29, 1.82) is 0 Å². The molecule has 0 radical (unpaired) electrons. The van der Waals surface area contributed by atoms with Crippen molar-refractivity contribution in [2.45, 2.75) is 16.1 Å². The quantitative estimate of drug-likeness (QED) is 0.226. The number of imidazole rings is 1. The van der Waals surface area contributed by atoms with Crippen molar-refractivity contribution < 1.29 is 0 Å². The largest absolute Gasteiger partial charge is 0.292 e. The highest BCUT2D eigenvalue weighted by molar-refractivity contribution is 8.01. The molecule has 0 N–H and O–H groups in total. The third-order valence-electron chi connectivity index (χ3n) is 7.99. The Morgan fingerprint density at radius 3 is 2.25 bits per heavy atom. The highest BCUT2D eigenvalue weighted by atomic mass is 32.2. The molecule has 40 heavy (non-hydrogen) atoms. The van der Waals surface area contributed by atoms with E-state index in [4.69, 9.17) is 4.98 Å². The first-order valence-electron chi connectivity index (χ1n) is 13.7. The van der Waals surface area contributed by atoms with Crippen LogP contribution in [0, 0.1) is 0 Å². The Balaban J connectivity index is 1.23. The van der Waals surface area contributed by atoms with E-state index in [1.54, 1.807) is 0 Å². The lowest BCUT2D eigenvalue weighted by atomic mass is 9.84. The standard InChI is InChI=1S/C37H26N2S/c1-3-12-25(13-4-1)29-18-10-20-31-32-21-11-19-30(36(32)40-35(29)31)26-14-9-15-27(24-26)37-38-33-22-7-8-23-34(33)39(37)28-16-5-2-6-17-28/h1-24,31,35H. The normalized spacial score (nSPS) is 17.4. The summed E-state index contributed by atoms with van der Waals surface area (Å²) in [4.78, 5) is 6.50. The van der Waals surface area contributed by atoms with E-state index >= 15 is 0 Å². The number of benzene rings is 5. The summed E-state index contributed by atoms with van der Waals surface area (Å²) in [5.41, 5.74) is 11.0. The zero-order valence-corrected chi connectivity index (χ0v) is 22.6. The Kier molecular flexibility index (Phi) is 5.56. The van der Waals surface area contributed by atoms with Crippen molar-refractivity contribution in [3.63, 3.8) is 0 Å². The van der Waals surface area contributed by atoms with Gasteiger partial charge < -0.3 is 0 Å². The van der Waals surface area contributed by atoms with Crippen LogP contribution >= 0.6 is 11.8 Å². The molecule has 2 nitrogen and oxygen atoms in total. The van der Waals surface area contributed by atoms with Gasteiger partial charge in [-0.25, -0.2) is 4.98 Å². The first kappa shape index (κ1) is 23.3. The fourth-order valence-corrected chi connectivity index (χ4v) is 7.78. The third-order valence-corrected chi connectivity index (χ3v) is 9.48. The summed E-state index contributed by atoms with van der Waals surface area (Å²) < 4.78 is 2.27. The van der Waals surface area contributed by atoms with Crippen LogP contribution in [0.25, 0.3) is 44.8 Å². The molecule has 2 atom stereocenters. The molecule has 0 saturated carbocycles. The number of rotatable bonds is 4. The van der Waals surface area contributed by atoms with Crippen molar-refractivity contribution in [2.24, 2.45) is 0 Å². The van der Waals surface area contributed by atoms with E-state index in [9.17, 15) is 0 Å². The SMILES string of the molecule is C1=CC2c3cccc(-c4cccc(-c5nc6ccccc6n5-c5ccccc5)c4)c3SC2C(c2ccccc2)=C1. The molecule has 3 heteroatoms. The van der Waals surface area contributed by atoms with Crippen LogP contribution in [-0.4, -0.2) is 14.8 Å². The number of aromatic nitrogens is 2. The molecule has 190 valence electrons. The van der Waals surface area contributed by atoms with Gasteiger partial charge >= 0.3 is 0 Å². The Morgan fingerprint density at radius 2 is 1.38 bits per heavy atom. The lowest BCUT2D eigenvalue weighted by molar-refractivity contribution is 0.893. The van der Waals surface area contributed by atoms with E-state index in [2.05, 4.69) is 150 Å². The lowest BCUT2D eigenvalue weighted by Gasteiger charge is -2.23. The van der Waals surface area contributed by atoms with Crippen molar-refractivity contribution in [3.05, 3.63) is 157 Å². The number of thioether (sulfide) groups is 1. The van der Waals surface area contributed by atoms with Gasteiger partial charge in [-0.05, 0) is 58.2 Å². The molecule has 2 unspecified atom stereocenters. The molecule has 5 aromatic carbocycles. The van der Waals surface area contributed by atoms with Crippen LogP contribution in [0.3, 0.4) is 0 Å². The average molecular weight is 531 g/mol. The summed E-state index contributed by atoms with van der Waals surface area (Å²) in [7, 11) is 0. The van der Waals surface area contributed by atoms with Gasteiger partial charge in [0.25, 0.3) is 0 Å². The number of allylic oxidation sites excluding steroid dienone is 3. The number of hydrogen-bond donors (Lipinski definition) is 0. The van der Waals surface area contributed by atoms with Crippen molar-refractivity contribution >= 4 is 28.4 Å². The summed E-state index contributed by atoms with van der Waals surface area (Å²) in [6, 6.07) is 45.4. The Labute approximate surface area is 238 Å². The van der Waals surface area contributed by atoms with Gasteiger partial charge in [-0.2, -0.15) is 0 Å². The third kappa shape index (κ3) is 3.77. The molecular formula is C37H26N2S. The molecule has 0 bridgehead atoms. The Bertz CT molecular complexity index is 1930. The molecule has 2 heterocycles. The highest BCUT2D eigenvalue weighted by Crippen LogP contribution is 2.55. The summed E-state index contributed by atoms with van der Waals surface area (Å²) in [6.07, 6.45) is 6.91. The van der Waals surface area contributed by atoms with Crippen LogP contribution in [0.2, 0.25) is 0 Å². The van der Waals surface area contributed by atoms with Gasteiger partial charge in [0.1, 0.15) is 5.82 Å². The smallest absolute Gasteiger partial charge is 0.145 e. The predicted molar refractivity (Wildman–Crippen MR) is 168 cm³/mol. The Hall–Kier alpha value is -4.60. The van der Waals surface area contributed by atoms with E-state index in [0.29, 0.717) is 11.2 Å². The van der Waals surface area contributed by atoms with Crippen LogP contribution in [-0.2, 0) is 0 Å². The maximum Gasteiger partial charge on any atom is 0.145 e. The molecular weight excluding hydrogens is 504 g/mol. The average Bonchev–Trinajstić information content (AvgIpc) is 3.61. The van der Waals surface area contributed by atoms with Crippen LogP contribution in [0.4, 0.5) is 0 Å². The fraction of sp³-hybridized carbons (Fsp3) is 0.0541. The maximum atomic E-state index is 5.11. The summed E-state index contributed by atoms with van der Waals surface area (Å²) in [5.74, 6) is 1.34. The second-order valence-electron chi connectivity index (χ2n) is 10.3. The summed E-state index contributed by atoms with van der Waals surface area (Å²) in [5, 5.41) is 0.383. The maximum absolute atomic E-state index is 5.11. The van der Waals surface area contributed by atoms with Gasteiger partial charge in [-0.1, -0.05) is 115 Å². The van der Waals surface area contributed by atoms with Crippen molar-refractivity contribution in [3.8, 4) is 28.2 Å². The molecule has 1 aliphatic carbocycles. The monoisotopic (exact) mass is 530 g/mol. The summed E-state index contributed by atoms with van der Waals surface area (Å²) >= 11 is 2.01. The zero-order chi connectivity index (χ0) is 26.5. The van der Waals surface area contributed by atoms with Gasteiger partial charge in [-0.15, -0.1) is 11.8 Å². The number of fused-ring (bicyclic) bond motifs is 4. The topological polar surface area (TPSA) is 17.8 Å². The minimum absolute atomic E-state index is 0.380. The predicted octanol–water partition coefficient (Wildman–Crippen LogP) is 9.57. The van der Waals surface area contributed by atoms with Gasteiger partial charge in [-0.3, -0.25) is 4.57 Å². The molecule has 0 fully saturated rings. The van der Waals surface area contributed by atoms with Crippen LogP contribution in [0.1, 0.15) is 17.0 Å². The first-order chi connectivity index (χ1) is 19.8. The van der Waals surface area contributed by atoms with Gasteiger partial charge in [0.2, 0.25) is 0 Å².